The van der Waals surface area contributed by atoms with Crippen LogP contribution in [0.15, 0.2) is 67.1 Å². The van der Waals surface area contributed by atoms with Crippen molar-refractivity contribution in [3.63, 3.8) is 0 Å². The van der Waals surface area contributed by atoms with Crippen molar-refractivity contribution in [1.82, 2.24) is 19.6 Å². The number of hydrogen-bond donors (Lipinski definition) is 1. The summed E-state index contributed by atoms with van der Waals surface area (Å²) in [6.45, 7) is 2.86. The maximum atomic E-state index is 4.89. The van der Waals surface area contributed by atoms with Gasteiger partial charge in [-0.2, -0.15) is 9.61 Å². The van der Waals surface area contributed by atoms with Crippen molar-refractivity contribution in [2.45, 2.75) is 26.3 Å². The second-order valence-corrected chi connectivity index (χ2v) is 6.26. The van der Waals surface area contributed by atoms with Gasteiger partial charge in [0.15, 0.2) is 5.65 Å². The van der Waals surface area contributed by atoms with E-state index in [1.807, 2.05) is 41.2 Å². The van der Waals surface area contributed by atoms with E-state index in [0.717, 1.165) is 41.1 Å². The minimum atomic E-state index is 0.685. The Hall–Kier alpha value is -3.21. The number of nitrogens with zero attached hydrogens (tertiary/aromatic N) is 4. The lowest BCUT2D eigenvalue weighted by Crippen LogP contribution is -2.07. The molecule has 4 aromatic rings. The summed E-state index contributed by atoms with van der Waals surface area (Å²) in [7, 11) is 0. The number of aryl methyl sites for hydroxylation is 1. The number of fused-ring (bicyclic) bond motifs is 1. The molecule has 0 spiro atoms. The van der Waals surface area contributed by atoms with Gasteiger partial charge < -0.3 is 5.32 Å². The van der Waals surface area contributed by atoms with Crippen LogP contribution in [0.3, 0.4) is 0 Å². The monoisotopic (exact) mass is 343 g/mol. The van der Waals surface area contributed by atoms with Gasteiger partial charge in [0.2, 0.25) is 0 Å². The largest absolute Gasteiger partial charge is 0.366 e. The number of hydrogen-bond acceptors (Lipinski definition) is 4. The summed E-state index contributed by atoms with van der Waals surface area (Å²) in [5.74, 6) is 0.931. The Kier molecular flexibility index (Phi) is 4.60. The van der Waals surface area contributed by atoms with E-state index in [-0.39, 0.29) is 0 Å². The van der Waals surface area contributed by atoms with Crippen LogP contribution < -0.4 is 5.32 Å². The average molecular weight is 343 g/mol. The van der Waals surface area contributed by atoms with Crippen LogP contribution in [0.2, 0.25) is 0 Å². The Balaban J connectivity index is 1.76. The molecule has 0 amide bonds. The highest BCUT2D eigenvalue weighted by atomic mass is 15.3. The molecule has 1 N–H and O–H groups in total. The van der Waals surface area contributed by atoms with E-state index in [2.05, 4.69) is 46.6 Å². The van der Waals surface area contributed by atoms with Crippen LogP contribution >= 0.6 is 0 Å². The molecule has 26 heavy (non-hydrogen) atoms. The Labute approximate surface area is 152 Å². The van der Waals surface area contributed by atoms with Gasteiger partial charge in [0.05, 0.1) is 11.9 Å². The van der Waals surface area contributed by atoms with E-state index < -0.39 is 0 Å². The topological polar surface area (TPSA) is 55.1 Å². The van der Waals surface area contributed by atoms with E-state index in [4.69, 9.17) is 4.98 Å². The molecule has 0 saturated carbocycles. The fourth-order valence-corrected chi connectivity index (χ4v) is 3.03. The summed E-state index contributed by atoms with van der Waals surface area (Å²) in [6, 6.07) is 16.3. The summed E-state index contributed by atoms with van der Waals surface area (Å²) in [6.07, 6.45) is 7.62. The zero-order valence-corrected chi connectivity index (χ0v) is 14.8. The quantitative estimate of drug-likeness (QED) is 0.565. The van der Waals surface area contributed by atoms with Crippen molar-refractivity contribution in [3.8, 4) is 11.3 Å². The van der Waals surface area contributed by atoms with Crippen LogP contribution in [0, 0.1) is 0 Å². The van der Waals surface area contributed by atoms with Crippen LogP contribution in [0.5, 0.6) is 0 Å². The molecule has 130 valence electrons. The lowest BCUT2D eigenvalue weighted by Gasteiger charge is -2.11. The standard InChI is InChI=1S/C21H21N5/c1-2-7-18-15-24-26-20(23-14-16-8-6-11-22-13-16)12-19(25-21(18)26)17-9-4-3-5-10-17/h3-6,8-13,15,23H,2,7,14H2,1H3. The highest BCUT2D eigenvalue weighted by molar-refractivity contribution is 5.67. The molecule has 0 atom stereocenters. The minimum absolute atomic E-state index is 0.685. The molecule has 0 aliphatic heterocycles. The van der Waals surface area contributed by atoms with Gasteiger partial charge >= 0.3 is 0 Å². The molecule has 0 aliphatic carbocycles. The second kappa shape index (κ2) is 7.35. The minimum Gasteiger partial charge on any atom is -0.366 e. The van der Waals surface area contributed by atoms with Crippen LogP contribution in [0.4, 0.5) is 5.82 Å². The summed E-state index contributed by atoms with van der Waals surface area (Å²) < 4.78 is 1.90. The zero-order valence-electron chi connectivity index (χ0n) is 14.8. The second-order valence-electron chi connectivity index (χ2n) is 6.26. The smallest absolute Gasteiger partial charge is 0.161 e. The van der Waals surface area contributed by atoms with Crippen molar-refractivity contribution in [1.29, 1.82) is 0 Å². The fourth-order valence-electron chi connectivity index (χ4n) is 3.03. The molecule has 0 aliphatic rings. The third kappa shape index (κ3) is 3.28. The van der Waals surface area contributed by atoms with Gasteiger partial charge in [-0.25, -0.2) is 4.98 Å². The Morgan fingerprint density at radius 3 is 2.69 bits per heavy atom. The Morgan fingerprint density at radius 1 is 1.04 bits per heavy atom. The van der Waals surface area contributed by atoms with E-state index >= 15 is 0 Å². The highest BCUT2D eigenvalue weighted by Crippen LogP contribution is 2.24. The SMILES string of the molecule is CCCc1cnn2c(NCc3cccnc3)cc(-c3ccccc3)nc12. The molecule has 1 aromatic carbocycles. The molecule has 0 radical (unpaired) electrons. The third-order valence-electron chi connectivity index (χ3n) is 4.33. The first kappa shape index (κ1) is 16.3. The van der Waals surface area contributed by atoms with Gasteiger partial charge in [0.25, 0.3) is 0 Å². The van der Waals surface area contributed by atoms with Crippen molar-refractivity contribution in [2.75, 3.05) is 5.32 Å². The lowest BCUT2D eigenvalue weighted by molar-refractivity contribution is 0.920. The number of anilines is 1. The van der Waals surface area contributed by atoms with Gasteiger partial charge in [-0.1, -0.05) is 49.7 Å². The summed E-state index contributed by atoms with van der Waals surface area (Å²) in [4.78, 5) is 9.07. The summed E-state index contributed by atoms with van der Waals surface area (Å²) in [5.41, 5.74) is 5.27. The zero-order chi connectivity index (χ0) is 17.8. The normalized spacial score (nSPS) is 11.0. The molecule has 4 rings (SSSR count). The number of benzene rings is 1. The number of aromatic nitrogens is 4. The summed E-state index contributed by atoms with van der Waals surface area (Å²) >= 11 is 0. The van der Waals surface area contributed by atoms with Crippen LogP contribution in [0.1, 0.15) is 24.5 Å². The Bertz CT molecular complexity index is 993. The molecule has 0 unspecified atom stereocenters. The lowest BCUT2D eigenvalue weighted by atomic mass is 10.1. The fraction of sp³-hybridized carbons (Fsp3) is 0.190. The van der Waals surface area contributed by atoms with E-state index in [0.29, 0.717) is 6.54 Å². The summed E-state index contributed by atoms with van der Waals surface area (Å²) in [5, 5.41) is 8.05. The van der Waals surface area contributed by atoms with E-state index in [1.165, 1.54) is 5.56 Å². The van der Waals surface area contributed by atoms with Gasteiger partial charge in [-0.15, -0.1) is 0 Å². The van der Waals surface area contributed by atoms with Crippen LogP contribution in [-0.4, -0.2) is 19.6 Å². The predicted molar refractivity (Wildman–Crippen MR) is 104 cm³/mol. The molecule has 3 heterocycles. The van der Waals surface area contributed by atoms with Crippen molar-refractivity contribution in [3.05, 3.63) is 78.2 Å². The van der Waals surface area contributed by atoms with Gasteiger partial charge in [-0.05, 0) is 18.1 Å². The maximum Gasteiger partial charge on any atom is 0.161 e. The van der Waals surface area contributed by atoms with Crippen molar-refractivity contribution in [2.24, 2.45) is 0 Å². The van der Waals surface area contributed by atoms with Crippen LogP contribution in [-0.2, 0) is 13.0 Å². The van der Waals surface area contributed by atoms with Crippen molar-refractivity contribution < 1.29 is 0 Å². The molecule has 0 saturated heterocycles. The highest BCUT2D eigenvalue weighted by Gasteiger charge is 2.12. The van der Waals surface area contributed by atoms with E-state index in [9.17, 15) is 0 Å². The molecule has 3 aromatic heterocycles. The number of nitrogens with one attached hydrogen (secondary N) is 1. The first-order valence-electron chi connectivity index (χ1n) is 8.91. The molecule has 0 fully saturated rings. The van der Waals surface area contributed by atoms with Gasteiger partial charge in [0.1, 0.15) is 5.82 Å². The maximum absolute atomic E-state index is 4.89. The Morgan fingerprint density at radius 2 is 1.92 bits per heavy atom. The predicted octanol–water partition coefficient (Wildman–Crippen LogP) is 4.36. The first-order valence-corrected chi connectivity index (χ1v) is 8.91. The molecular formula is C21H21N5. The van der Waals surface area contributed by atoms with Gasteiger partial charge in [-0.3, -0.25) is 4.98 Å². The molecule has 0 bridgehead atoms. The first-order chi connectivity index (χ1) is 12.8. The van der Waals surface area contributed by atoms with Gasteiger partial charge in [0, 0.05) is 36.1 Å². The molecule has 5 nitrogen and oxygen atoms in total. The van der Waals surface area contributed by atoms with Crippen LogP contribution in [0.25, 0.3) is 16.9 Å². The molecule has 5 heteroatoms. The average Bonchev–Trinajstić information content (AvgIpc) is 3.11. The van der Waals surface area contributed by atoms with E-state index in [1.54, 1.807) is 6.20 Å². The van der Waals surface area contributed by atoms with Crippen molar-refractivity contribution >= 4 is 11.5 Å². The number of pyridine rings is 1. The number of rotatable bonds is 6. The molecular weight excluding hydrogens is 322 g/mol. The third-order valence-corrected chi connectivity index (χ3v) is 4.33.